The first-order chi connectivity index (χ1) is 16.8. The van der Waals surface area contributed by atoms with Crippen LogP contribution in [0.25, 0.3) is 22.6 Å². The number of ether oxygens (including phenoxy) is 2. The van der Waals surface area contributed by atoms with Gasteiger partial charge in [-0.2, -0.15) is 0 Å². The molecule has 0 saturated carbocycles. The number of benzene rings is 2. The molecular formula is C29H38N2O3. The molecule has 1 aliphatic rings. The van der Waals surface area contributed by atoms with Crippen LogP contribution in [-0.4, -0.2) is 38.1 Å². The van der Waals surface area contributed by atoms with Gasteiger partial charge in [-0.1, -0.05) is 69.2 Å². The maximum atomic E-state index is 5.92. The fourth-order valence-corrected chi connectivity index (χ4v) is 4.35. The Bertz CT molecular complexity index is 960. The maximum Gasteiger partial charge on any atom is 0.167 e. The van der Waals surface area contributed by atoms with Crippen molar-refractivity contribution >= 4 is 5.69 Å². The molecule has 34 heavy (non-hydrogen) atoms. The van der Waals surface area contributed by atoms with Gasteiger partial charge in [-0.25, -0.2) is 0 Å². The third-order valence-electron chi connectivity index (χ3n) is 6.45. The Morgan fingerprint density at radius 2 is 1.44 bits per heavy atom. The predicted octanol–water partition coefficient (Wildman–Crippen LogP) is 7.36. The summed E-state index contributed by atoms with van der Waals surface area (Å²) in [6.07, 6.45) is 10.5. The lowest BCUT2D eigenvalue weighted by Gasteiger charge is -2.28. The van der Waals surface area contributed by atoms with Crippen LogP contribution in [0.1, 0.15) is 58.3 Å². The molecule has 0 spiro atoms. The van der Waals surface area contributed by atoms with Crippen LogP contribution in [0, 0.1) is 0 Å². The standard InChI is InChI=1S/C29H38N2O3/c1-2-3-4-5-6-7-8-9-20-33-27-16-12-25(13-17-27)29-23-28(30-34-29)24-10-14-26(15-11-24)31-18-21-32-22-19-31/h10-17,23H,2-9,18-22H2,1H3. The number of rotatable bonds is 13. The Labute approximate surface area is 204 Å². The molecule has 2 aromatic carbocycles. The Morgan fingerprint density at radius 1 is 0.794 bits per heavy atom. The molecule has 0 bridgehead atoms. The topological polar surface area (TPSA) is 47.7 Å². The highest BCUT2D eigenvalue weighted by Gasteiger charge is 2.13. The molecule has 4 rings (SSSR count). The van der Waals surface area contributed by atoms with Gasteiger partial charge in [0, 0.05) is 36.0 Å². The van der Waals surface area contributed by atoms with Gasteiger partial charge in [-0.3, -0.25) is 0 Å². The van der Waals surface area contributed by atoms with Crippen LogP contribution in [0.5, 0.6) is 5.75 Å². The fourth-order valence-electron chi connectivity index (χ4n) is 4.35. The van der Waals surface area contributed by atoms with Crippen LogP contribution in [0.3, 0.4) is 0 Å². The molecule has 2 heterocycles. The first kappa shape index (κ1) is 24.3. The van der Waals surface area contributed by atoms with Crippen molar-refractivity contribution < 1.29 is 14.0 Å². The second kappa shape index (κ2) is 13.2. The molecule has 1 fully saturated rings. The summed E-state index contributed by atoms with van der Waals surface area (Å²) in [6.45, 7) is 6.49. The third-order valence-corrected chi connectivity index (χ3v) is 6.45. The van der Waals surface area contributed by atoms with E-state index in [2.05, 4.69) is 41.2 Å². The second-order valence-electron chi connectivity index (χ2n) is 9.07. The lowest BCUT2D eigenvalue weighted by molar-refractivity contribution is 0.122. The van der Waals surface area contributed by atoms with Crippen molar-refractivity contribution in [3.05, 3.63) is 54.6 Å². The van der Waals surface area contributed by atoms with Crippen molar-refractivity contribution in [2.75, 3.05) is 37.8 Å². The van der Waals surface area contributed by atoms with E-state index in [1.807, 2.05) is 30.3 Å². The van der Waals surface area contributed by atoms with Gasteiger partial charge in [0.25, 0.3) is 0 Å². The summed E-state index contributed by atoms with van der Waals surface area (Å²) < 4.78 is 17.0. The van der Waals surface area contributed by atoms with Crippen molar-refractivity contribution in [1.82, 2.24) is 5.16 Å². The molecule has 1 saturated heterocycles. The molecule has 3 aromatic rings. The third kappa shape index (κ3) is 7.10. The van der Waals surface area contributed by atoms with E-state index in [0.29, 0.717) is 0 Å². The Balaban J connectivity index is 1.23. The van der Waals surface area contributed by atoms with Crippen LogP contribution in [0.4, 0.5) is 5.69 Å². The summed E-state index contributed by atoms with van der Waals surface area (Å²) in [5.74, 6) is 1.67. The van der Waals surface area contributed by atoms with E-state index in [9.17, 15) is 0 Å². The van der Waals surface area contributed by atoms with Gasteiger partial charge >= 0.3 is 0 Å². The Morgan fingerprint density at radius 3 is 2.15 bits per heavy atom. The SMILES string of the molecule is CCCCCCCCCCOc1ccc(-c2cc(-c3ccc(N4CCOCC4)cc3)no2)cc1. The molecule has 0 unspecified atom stereocenters. The molecule has 0 aliphatic carbocycles. The van der Waals surface area contributed by atoms with E-state index in [-0.39, 0.29) is 0 Å². The first-order valence-corrected chi connectivity index (χ1v) is 13.0. The minimum absolute atomic E-state index is 0.766. The molecule has 1 aromatic heterocycles. The highest BCUT2D eigenvalue weighted by Crippen LogP contribution is 2.29. The summed E-state index contributed by atoms with van der Waals surface area (Å²) >= 11 is 0. The summed E-state index contributed by atoms with van der Waals surface area (Å²) in [4.78, 5) is 2.35. The molecule has 182 valence electrons. The lowest BCUT2D eigenvalue weighted by atomic mass is 10.1. The molecular weight excluding hydrogens is 424 g/mol. The molecule has 5 nitrogen and oxygen atoms in total. The van der Waals surface area contributed by atoms with E-state index in [1.54, 1.807) is 0 Å². The van der Waals surface area contributed by atoms with E-state index >= 15 is 0 Å². The van der Waals surface area contributed by atoms with Gasteiger partial charge in [-0.05, 0) is 42.8 Å². The lowest BCUT2D eigenvalue weighted by Crippen LogP contribution is -2.36. The van der Waals surface area contributed by atoms with Gasteiger partial charge < -0.3 is 18.9 Å². The van der Waals surface area contributed by atoms with Crippen LogP contribution in [0.2, 0.25) is 0 Å². The van der Waals surface area contributed by atoms with E-state index in [0.717, 1.165) is 67.7 Å². The highest BCUT2D eigenvalue weighted by atomic mass is 16.5. The smallest absolute Gasteiger partial charge is 0.167 e. The molecule has 1 aliphatic heterocycles. The van der Waals surface area contributed by atoms with Gasteiger partial charge in [0.05, 0.1) is 19.8 Å². The minimum Gasteiger partial charge on any atom is -0.494 e. The zero-order chi connectivity index (χ0) is 23.4. The number of anilines is 1. The zero-order valence-corrected chi connectivity index (χ0v) is 20.5. The average molecular weight is 463 g/mol. The number of morpholine rings is 1. The van der Waals surface area contributed by atoms with Crippen molar-refractivity contribution in [3.63, 3.8) is 0 Å². The zero-order valence-electron chi connectivity index (χ0n) is 20.5. The van der Waals surface area contributed by atoms with Gasteiger partial charge in [0.1, 0.15) is 11.4 Å². The molecule has 5 heteroatoms. The molecule has 0 atom stereocenters. The molecule has 0 N–H and O–H groups in total. The van der Waals surface area contributed by atoms with Gasteiger partial charge in [0.15, 0.2) is 5.76 Å². The number of hydrogen-bond acceptors (Lipinski definition) is 5. The van der Waals surface area contributed by atoms with Gasteiger partial charge in [-0.15, -0.1) is 0 Å². The van der Waals surface area contributed by atoms with Crippen molar-refractivity contribution in [2.45, 2.75) is 58.3 Å². The average Bonchev–Trinajstić information content (AvgIpc) is 3.39. The quantitative estimate of drug-likeness (QED) is 0.248. The van der Waals surface area contributed by atoms with E-state index in [1.165, 1.54) is 50.6 Å². The van der Waals surface area contributed by atoms with Crippen LogP contribution in [0.15, 0.2) is 59.1 Å². The fraction of sp³-hybridized carbons (Fsp3) is 0.483. The van der Waals surface area contributed by atoms with E-state index < -0.39 is 0 Å². The maximum absolute atomic E-state index is 5.92. The normalized spacial score (nSPS) is 13.9. The summed E-state index contributed by atoms with van der Waals surface area (Å²) in [5.41, 5.74) is 4.12. The highest BCUT2D eigenvalue weighted by molar-refractivity contribution is 5.68. The summed E-state index contributed by atoms with van der Waals surface area (Å²) in [5, 5.41) is 4.29. The largest absolute Gasteiger partial charge is 0.494 e. The van der Waals surface area contributed by atoms with Crippen LogP contribution in [-0.2, 0) is 4.74 Å². The Hall–Kier alpha value is -2.79. The summed E-state index contributed by atoms with van der Waals surface area (Å²) in [7, 11) is 0. The molecule has 0 radical (unpaired) electrons. The Kier molecular flexibility index (Phi) is 9.44. The van der Waals surface area contributed by atoms with Gasteiger partial charge in [0.2, 0.25) is 0 Å². The predicted molar refractivity (Wildman–Crippen MR) is 139 cm³/mol. The number of hydrogen-bond donors (Lipinski definition) is 0. The number of nitrogens with zero attached hydrogens (tertiary/aromatic N) is 2. The minimum atomic E-state index is 0.766. The number of aromatic nitrogens is 1. The van der Waals surface area contributed by atoms with E-state index in [4.69, 9.17) is 14.0 Å². The first-order valence-electron chi connectivity index (χ1n) is 13.0. The van der Waals surface area contributed by atoms with Crippen molar-refractivity contribution in [1.29, 1.82) is 0 Å². The monoisotopic (exact) mass is 462 g/mol. The van der Waals surface area contributed by atoms with Crippen molar-refractivity contribution in [3.8, 4) is 28.3 Å². The second-order valence-corrected chi connectivity index (χ2v) is 9.07. The van der Waals surface area contributed by atoms with Crippen molar-refractivity contribution in [2.24, 2.45) is 0 Å². The van der Waals surface area contributed by atoms with Crippen LogP contribution >= 0.6 is 0 Å². The molecule has 0 amide bonds. The number of unbranched alkanes of at least 4 members (excludes halogenated alkanes) is 7. The van der Waals surface area contributed by atoms with Crippen LogP contribution < -0.4 is 9.64 Å². The summed E-state index contributed by atoms with van der Waals surface area (Å²) in [6, 6.07) is 18.6.